The predicted molar refractivity (Wildman–Crippen MR) is 94.6 cm³/mol. The standard InChI is InChI=1S/C20H22O6/c1-5-13-20(18(22)24-3,19(23)25-4)14-9-12-17(26-15(2)21)16-10-7-6-8-11-16/h5-8,10-11,17H,1,13-14H2,2-4H3. The van der Waals surface area contributed by atoms with Crippen LogP contribution in [0.15, 0.2) is 43.0 Å². The molecule has 0 aliphatic rings. The van der Waals surface area contributed by atoms with Crippen LogP contribution in [0.1, 0.15) is 31.4 Å². The molecule has 6 heteroatoms. The van der Waals surface area contributed by atoms with Crippen molar-refractivity contribution in [3.63, 3.8) is 0 Å². The number of benzene rings is 1. The fourth-order valence-corrected chi connectivity index (χ4v) is 2.37. The zero-order chi connectivity index (χ0) is 19.6. The number of hydrogen-bond donors (Lipinski definition) is 0. The summed E-state index contributed by atoms with van der Waals surface area (Å²) in [7, 11) is 2.37. The van der Waals surface area contributed by atoms with Crippen LogP contribution >= 0.6 is 0 Å². The van der Waals surface area contributed by atoms with E-state index in [0.717, 1.165) is 0 Å². The summed E-state index contributed by atoms with van der Waals surface area (Å²) in [5.74, 6) is 3.55. The molecule has 0 spiro atoms. The molecule has 0 radical (unpaired) electrons. The largest absolute Gasteiger partial charge is 0.468 e. The van der Waals surface area contributed by atoms with Crippen LogP contribution in [-0.2, 0) is 28.6 Å². The van der Waals surface area contributed by atoms with E-state index in [0.29, 0.717) is 5.56 Å². The Balaban J connectivity index is 3.19. The monoisotopic (exact) mass is 358 g/mol. The van der Waals surface area contributed by atoms with Crippen LogP contribution in [0.2, 0.25) is 0 Å². The van der Waals surface area contributed by atoms with Crippen molar-refractivity contribution in [3.8, 4) is 11.8 Å². The van der Waals surface area contributed by atoms with Crippen LogP contribution in [0.4, 0.5) is 0 Å². The van der Waals surface area contributed by atoms with Crippen LogP contribution in [0, 0.1) is 17.3 Å². The van der Waals surface area contributed by atoms with E-state index in [1.165, 1.54) is 27.2 Å². The average Bonchev–Trinajstić information content (AvgIpc) is 2.65. The van der Waals surface area contributed by atoms with Crippen LogP contribution < -0.4 is 0 Å². The lowest BCUT2D eigenvalue weighted by Gasteiger charge is -2.24. The second-order valence-electron chi connectivity index (χ2n) is 5.46. The van der Waals surface area contributed by atoms with Crippen LogP contribution in [-0.4, -0.2) is 32.1 Å². The second-order valence-corrected chi connectivity index (χ2v) is 5.46. The van der Waals surface area contributed by atoms with Crippen LogP contribution in [0.5, 0.6) is 0 Å². The molecule has 6 nitrogen and oxygen atoms in total. The van der Waals surface area contributed by atoms with E-state index in [1.54, 1.807) is 24.3 Å². The molecule has 0 fully saturated rings. The summed E-state index contributed by atoms with van der Waals surface area (Å²) in [5.41, 5.74) is -0.934. The lowest BCUT2D eigenvalue weighted by atomic mass is 9.81. The Kier molecular flexibility index (Phi) is 8.10. The second kappa shape index (κ2) is 10.0. The summed E-state index contributed by atoms with van der Waals surface area (Å²) in [6.07, 6.45) is 0.453. The summed E-state index contributed by atoms with van der Waals surface area (Å²) in [4.78, 5) is 35.8. The number of carbonyl (C=O) groups excluding carboxylic acids is 3. The zero-order valence-corrected chi connectivity index (χ0v) is 15.1. The number of methoxy groups -OCH3 is 2. The van der Waals surface area contributed by atoms with Crippen molar-refractivity contribution in [1.82, 2.24) is 0 Å². The minimum Gasteiger partial charge on any atom is -0.468 e. The molecule has 1 aromatic carbocycles. The maximum absolute atomic E-state index is 12.2. The lowest BCUT2D eigenvalue weighted by molar-refractivity contribution is -0.168. The molecule has 1 atom stereocenters. The Hall–Kier alpha value is -3.07. The van der Waals surface area contributed by atoms with Gasteiger partial charge in [-0.15, -0.1) is 6.58 Å². The van der Waals surface area contributed by atoms with Gasteiger partial charge in [-0.2, -0.15) is 0 Å². The van der Waals surface area contributed by atoms with Gasteiger partial charge in [-0.1, -0.05) is 48.2 Å². The number of hydrogen-bond acceptors (Lipinski definition) is 6. The molecule has 0 aliphatic carbocycles. The topological polar surface area (TPSA) is 78.9 Å². The minimum atomic E-state index is -1.62. The third kappa shape index (κ3) is 5.21. The molecule has 1 aromatic rings. The summed E-state index contributed by atoms with van der Waals surface area (Å²) in [6.45, 7) is 4.86. The molecular formula is C20H22O6. The highest BCUT2D eigenvalue weighted by Gasteiger charge is 2.47. The fourth-order valence-electron chi connectivity index (χ4n) is 2.37. The van der Waals surface area contributed by atoms with Crippen LogP contribution in [0.3, 0.4) is 0 Å². The van der Waals surface area contributed by atoms with E-state index >= 15 is 0 Å². The van der Waals surface area contributed by atoms with Gasteiger partial charge in [0.25, 0.3) is 0 Å². The van der Waals surface area contributed by atoms with Gasteiger partial charge in [0.2, 0.25) is 0 Å². The highest BCUT2D eigenvalue weighted by atomic mass is 16.5. The average molecular weight is 358 g/mol. The summed E-state index contributed by atoms with van der Waals surface area (Å²) < 4.78 is 14.7. The number of allylic oxidation sites excluding steroid dienone is 1. The Morgan fingerprint density at radius 3 is 2.19 bits per heavy atom. The molecule has 1 rings (SSSR count). The molecule has 138 valence electrons. The van der Waals surface area contributed by atoms with Gasteiger partial charge in [0.05, 0.1) is 14.2 Å². The van der Waals surface area contributed by atoms with E-state index < -0.39 is 29.4 Å². The number of carbonyl (C=O) groups is 3. The molecule has 0 N–H and O–H groups in total. The van der Waals surface area contributed by atoms with E-state index in [9.17, 15) is 14.4 Å². The molecule has 0 bridgehead atoms. The van der Waals surface area contributed by atoms with Crippen molar-refractivity contribution < 1.29 is 28.6 Å². The first kappa shape index (κ1) is 21.0. The van der Waals surface area contributed by atoms with Crippen molar-refractivity contribution in [2.24, 2.45) is 5.41 Å². The van der Waals surface area contributed by atoms with Gasteiger partial charge in [-0.3, -0.25) is 14.4 Å². The Morgan fingerprint density at radius 1 is 1.15 bits per heavy atom. The Labute approximate surface area is 153 Å². The number of esters is 3. The smallest absolute Gasteiger partial charge is 0.324 e. The fraction of sp³-hybridized carbons (Fsp3) is 0.350. The normalized spacial score (nSPS) is 11.3. The van der Waals surface area contributed by atoms with Gasteiger partial charge in [0, 0.05) is 18.9 Å². The van der Waals surface area contributed by atoms with Gasteiger partial charge in [-0.05, 0) is 6.42 Å². The van der Waals surface area contributed by atoms with Crippen molar-refractivity contribution >= 4 is 17.9 Å². The van der Waals surface area contributed by atoms with Crippen molar-refractivity contribution in [2.45, 2.75) is 25.9 Å². The minimum absolute atomic E-state index is 0.00456. The maximum atomic E-state index is 12.2. The molecule has 0 heterocycles. The van der Waals surface area contributed by atoms with Crippen molar-refractivity contribution in [1.29, 1.82) is 0 Å². The zero-order valence-electron chi connectivity index (χ0n) is 15.1. The summed E-state index contributed by atoms with van der Waals surface area (Å²) in [5, 5.41) is 0. The first-order valence-electron chi connectivity index (χ1n) is 7.89. The van der Waals surface area contributed by atoms with Gasteiger partial charge < -0.3 is 14.2 Å². The molecule has 0 saturated carbocycles. The molecule has 0 aromatic heterocycles. The SMILES string of the molecule is C=CCC(CC#CC(OC(C)=O)c1ccccc1)(C(=O)OC)C(=O)OC. The first-order chi connectivity index (χ1) is 12.4. The summed E-state index contributed by atoms with van der Waals surface area (Å²) in [6, 6.07) is 8.93. The number of rotatable bonds is 7. The third-order valence-corrected chi connectivity index (χ3v) is 3.65. The molecule has 0 amide bonds. The van der Waals surface area contributed by atoms with E-state index in [2.05, 4.69) is 18.4 Å². The highest BCUT2D eigenvalue weighted by Crippen LogP contribution is 2.30. The van der Waals surface area contributed by atoms with E-state index in [-0.39, 0.29) is 12.8 Å². The molecule has 1 unspecified atom stereocenters. The van der Waals surface area contributed by atoms with Gasteiger partial charge in [0.1, 0.15) is 0 Å². The maximum Gasteiger partial charge on any atom is 0.324 e. The Morgan fingerprint density at radius 2 is 1.73 bits per heavy atom. The van der Waals surface area contributed by atoms with Crippen LogP contribution in [0.25, 0.3) is 0 Å². The molecule has 26 heavy (non-hydrogen) atoms. The Bertz CT molecular complexity index is 695. The van der Waals surface area contributed by atoms with E-state index in [4.69, 9.17) is 14.2 Å². The van der Waals surface area contributed by atoms with Gasteiger partial charge in [-0.25, -0.2) is 0 Å². The molecular weight excluding hydrogens is 336 g/mol. The van der Waals surface area contributed by atoms with Gasteiger partial charge >= 0.3 is 17.9 Å². The van der Waals surface area contributed by atoms with Crippen molar-refractivity contribution in [3.05, 3.63) is 48.6 Å². The first-order valence-corrected chi connectivity index (χ1v) is 7.89. The van der Waals surface area contributed by atoms with E-state index in [1.807, 2.05) is 6.07 Å². The predicted octanol–water partition coefficient (Wildman–Crippen LogP) is 2.59. The lowest BCUT2D eigenvalue weighted by Crippen LogP contribution is -2.40. The molecule has 0 aliphatic heterocycles. The molecule has 0 saturated heterocycles. The summed E-state index contributed by atoms with van der Waals surface area (Å²) >= 11 is 0. The van der Waals surface area contributed by atoms with Crippen molar-refractivity contribution in [2.75, 3.05) is 14.2 Å². The third-order valence-electron chi connectivity index (χ3n) is 3.65. The quantitative estimate of drug-likeness (QED) is 0.245. The highest BCUT2D eigenvalue weighted by molar-refractivity contribution is 6.00. The number of ether oxygens (including phenoxy) is 3. The van der Waals surface area contributed by atoms with Gasteiger partial charge in [0.15, 0.2) is 11.5 Å².